The van der Waals surface area contributed by atoms with Gasteiger partial charge in [-0.2, -0.15) is 10.5 Å². The van der Waals surface area contributed by atoms with Gasteiger partial charge in [0.25, 0.3) is 0 Å². The van der Waals surface area contributed by atoms with E-state index in [-0.39, 0.29) is 5.56 Å². The fourth-order valence-electron chi connectivity index (χ4n) is 3.87. The van der Waals surface area contributed by atoms with Crippen LogP contribution in [0.1, 0.15) is 42.9 Å². The maximum absolute atomic E-state index is 14.5. The second-order valence-corrected chi connectivity index (χ2v) is 7.78. The molecule has 0 N–H and O–H groups in total. The number of halogens is 1. The number of nitrogens with zero attached hydrogens (tertiary/aromatic N) is 6. The zero-order valence-electron chi connectivity index (χ0n) is 18.4. The Morgan fingerprint density at radius 2 is 1.79 bits per heavy atom. The first-order valence-electron chi connectivity index (χ1n) is 10.9. The molecule has 0 spiro atoms. The monoisotopic (exact) mass is 438 g/mol. The quantitative estimate of drug-likeness (QED) is 0.666. The van der Waals surface area contributed by atoms with E-state index in [2.05, 4.69) is 16.0 Å². The molecule has 2 heterocycles. The number of likely N-dealkylation sites (tertiary alicyclic amines) is 1. The largest absolute Gasteiger partial charge is 0.376 e. The molecule has 6 nitrogen and oxygen atoms in total. The molecule has 0 aromatic heterocycles. The molecule has 0 unspecified atom stereocenters. The van der Waals surface area contributed by atoms with E-state index >= 15 is 0 Å². The number of rotatable bonds is 4. The number of anilines is 1. The summed E-state index contributed by atoms with van der Waals surface area (Å²) in [4.78, 5) is 13.6. The molecule has 0 aliphatic carbocycles. The van der Waals surface area contributed by atoms with Crippen molar-refractivity contribution in [3.63, 3.8) is 0 Å². The highest BCUT2D eigenvalue weighted by Gasteiger charge is 2.31. The van der Waals surface area contributed by atoms with Gasteiger partial charge in [-0.1, -0.05) is 6.08 Å². The SMILES string of the molecule is C\C=C/N=C1\C(=C\N2CCCCC2)N=C(c2ccc(C#N)c(F)c2)N1c1ccc(C#N)cc1. The van der Waals surface area contributed by atoms with Crippen LogP contribution < -0.4 is 4.90 Å². The Morgan fingerprint density at radius 1 is 1.03 bits per heavy atom. The molecule has 2 aromatic rings. The predicted molar refractivity (Wildman–Crippen MR) is 127 cm³/mol. The number of piperidine rings is 1. The smallest absolute Gasteiger partial charge is 0.166 e. The third kappa shape index (κ3) is 4.68. The van der Waals surface area contributed by atoms with Crippen LogP contribution in [0.25, 0.3) is 0 Å². The van der Waals surface area contributed by atoms with Gasteiger partial charge < -0.3 is 4.90 Å². The molecule has 4 rings (SSSR count). The van der Waals surface area contributed by atoms with Crippen molar-refractivity contribution in [1.82, 2.24) is 4.90 Å². The molecular weight excluding hydrogens is 415 g/mol. The minimum absolute atomic E-state index is 0.0193. The first-order valence-corrected chi connectivity index (χ1v) is 10.9. The van der Waals surface area contributed by atoms with Gasteiger partial charge in [-0.3, -0.25) is 4.90 Å². The van der Waals surface area contributed by atoms with E-state index in [1.165, 1.54) is 18.6 Å². The standard InChI is InChI=1S/C26H23FN6/c1-2-12-30-26-24(18-32-13-4-3-5-14-32)31-25(20-8-9-21(17-29)23(27)15-20)33(26)22-10-6-19(16-28)7-11-22/h2,6-12,15,18H,3-5,13-14H2,1H3/b12-2-,24-18-,30-26+. The van der Waals surface area contributed by atoms with Gasteiger partial charge in [-0.05, 0) is 68.7 Å². The zero-order valence-corrected chi connectivity index (χ0v) is 18.4. The van der Waals surface area contributed by atoms with E-state index in [0.29, 0.717) is 28.5 Å². The highest BCUT2D eigenvalue weighted by Crippen LogP contribution is 2.29. The number of hydrogen-bond donors (Lipinski definition) is 0. The van der Waals surface area contributed by atoms with E-state index in [0.717, 1.165) is 31.6 Å². The number of allylic oxidation sites excluding steroid dienone is 1. The first kappa shape index (κ1) is 22.0. The number of aliphatic imine (C=N–C) groups is 2. The minimum atomic E-state index is -0.599. The summed E-state index contributed by atoms with van der Waals surface area (Å²) < 4.78 is 14.5. The van der Waals surface area contributed by atoms with Crippen LogP contribution in [-0.4, -0.2) is 29.7 Å². The van der Waals surface area contributed by atoms with Crippen molar-refractivity contribution in [1.29, 1.82) is 10.5 Å². The maximum atomic E-state index is 14.5. The second kappa shape index (κ2) is 9.93. The molecular formula is C26H23FN6. The Balaban J connectivity index is 1.87. The van der Waals surface area contributed by atoms with Crippen molar-refractivity contribution in [2.75, 3.05) is 18.0 Å². The van der Waals surface area contributed by atoms with Crippen molar-refractivity contribution in [3.05, 3.63) is 89.1 Å². The van der Waals surface area contributed by atoms with Crippen LogP contribution in [0.15, 0.2) is 76.6 Å². The van der Waals surface area contributed by atoms with Gasteiger partial charge in [0.1, 0.15) is 23.4 Å². The molecule has 2 aliphatic heterocycles. The second-order valence-electron chi connectivity index (χ2n) is 7.78. The molecule has 0 atom stereocenters. The molecule has 2 aromatic carbocycles. The summed E-state index contributed by atoms with van der Waals surface area (Å²) in [5.41, 5.74) is 2.49. The number of nitriles is 2. The lowest BCUT2D eigenvalue weighted by atomic mass is 10.1. The van der Waals surface area contributed by atoms with Crippen LogP contribution >= 0.6 is 0 Å². The highest BCUT2D eigenvalue weighted by molar-refractivity contribution is 6.34. The topological polar surface area (TPSA) is 78.8 Å². The molecule has 1 saturated heterocycles. The molecule has 0 saturated carbocycles. The Kier molecular flexibility index (Phi) is 6.61. The Labute approximate surface area is 192 Å². The molecule has 7 heteroatoms. The van der Waals surface area contributed by atoms with E-state index in [9.17, 15) is 9.65 Å². The summed E-state index contributed by atoms with van der Waals surface area (Å²) >= 11 is 0. The van der Waals surface area contributed by atoms with Crippen LogP contribution in [-0.2, 0) is 0 Å². The van der Waals surface area contributed by atoms with Gasteiger partial charge in [0.2, 0.25) is 0 Å². The van der Waals surface area contributed by atoms with Gasteiger partial charge in [0, 0.05) is 36.7 Å². The first-order chi connectivity index (χ1) is 16.1. The van der Waals surface area contributed by atoms with E-state index < -0.39 is 5.82 Å². The lowest BCUT2D eigenvalue weighted by Crippen LogP contribution is -2.33. The van der Waals surface area contributed by atoms with Crippen LogP contribution in [0.3, 0.4) is 0 Å². The van der Waals surface area contributed by atoms with Crippen LogP contribution in [0.2, 0.25) is 0 Å². The average molecular weight is 439 g/mol. The van der Waals surface area contributed by atoms with E-state index in [1.54, 1.807) is 24.4 Å². The maximum Gasteiger partial charge on any atom is 0.166 e. The lowest BCUT2D eigenvalue weighted by Gasteiger charge is -2.25. The van der Waals surface area contributed by atoms with Crippen molar-refractivity contribution >= 4 is 17.4 Å². The third-order valence-corrected chi connectivity index (χ3v) is 5.52. The van der Waals surface area contributed by atoms with Gasteiger partial charge in [-0.25, -0.2) is 14.4 Å². The van der Waals surface area contributed by atoms with Crippen molar-refractivity contribution in [2.24, 2.45) is 9.98 Å². The summed E-state index contributed by atoms with van der Waals surface area (Å²) in [7, 11) is 0. The van der Waals surface area contributed by atoms with Crippen molar-refractivity contribution in [2.45, 2.75) is 26.2 Å². The molecule has 164 valence electrons. The molecule has 33 heavy (non-hydrogen) atoms. The number of amidine groups is 2. The van der Waals surface area contributed by atoms with Crippen molar-refractivity contribution in [3.8, 4) is 12.1 Å². The molecule has 0 bridgehead atoms. The normalized spacial score (nSPS) is 18.6. The summed E-state index contributed by atoms with van der Waals surface area (Å²) in [6.07, 6.45) is 9.03. The highest BCUT2D eigenvalue weighted by atomic mass is 19.1. The molecule has 1 fully saturated rings. The van der Waals surface area contributed by atoms with Gasteiger partial charge >= 0.3 is 0 Å². The summed E-state index contributed by atoms with van der Waals surface area (Å²) in [5.74, 6) is 0.524. The molecule has 0 radical (unpaired) electrons. The fourth-order valence-corrected chi connectivity index (χ4v) is 3.87. The lowest BCUT2D eigenvalue weighted by molar-refractivity contribution is 0.308. The van der Waals surface area contributed by atoms with E-state index in [4.69, 9.17) is 10.3 Å². The van der Waals surface area contributed by atoms with Gasteiger partial charge in [-0.15, -0.1) is 0 Å². The van der Waals surface area contributed by atoms with E-state index in [1.807, 2.05) is 42.3 Å². The Morgan fingerprint density at radius 3 is 2.42 bits per heavy atom. The predicted octanol–water partition coefficient (Wildman–Crippen LogP) is 5.10. The van der Waals surface area contributed by atoms with Gasteiger partial charge in [0.05, 0.1) is 17.2 Å². The zero-order chi connectivity index (χ0) is 23.2. The summed E-state index contributed by atoms with van der Waals surface area (Å²) in [6, 6.07) is 15.6. The third-order valence-electron chi connectivity index (χ3n) is 5.52. The van der Waals surface area contributed by atoms with Crippen molar-refractivity contribution < 1.29 is 4.39 Å². The number of benzene rings is 2. The Bertz CT molecular complexity index is 1240. The molecule has 2 aliphatic rings. The Hall–Kier alpha value is -4.23. The van der Waals surface area contributed by atoms with Crippen LogP contribution in [0, 0.1) is 28.5 Å². The van der Waals surface area contributed by atoms with Crippen LogP contribution in [0.4, 0.5) is 10.1 Å². The van der Waals surface area contributed by atoms with Gasteiger partial charge in [0.15, 0.2) is 5.84 Å². The summed E-state index contributed by atoms with van der Waals surface area (Å²) in [6.45, 7) is 3.79. The molecule has 0 amide bonds. The minimum Gasteiger partial charge on any atom is -0.376 e. The van der Waals surface area contributed by atoms with Crippen LogP contribution in [0.5, 0.6) is 0 Å². The fraction of sp³-hybridized carbons (Fsp3) is 0.231. The summed E-state index contributed by atoms with van der Waals surface area (Å²) in [5, 5.41) is 18.3. The average Bonchev–Trinajstić information content (AvgIpc) is 3.21. The number of hydrogen-bond acceptors (Lipinski definition) is 5.